The maximum atomic E-state index is 11.9. The molecule has 0 radical (unpaired) electrons. The van der Waals surface area contributed by atoms with Gasteiger partial charge in [0, 0.05) is 36.7 Å². The summed E-state index contributed by atoms with van der Waals surface area (Å²) >= 11 is 0. The monoisotopic (exact) mass is 330 g/mol. The number of hydrogen-bond donors (Lipinski definition) is 3. The van der Waals surface area contributed by atoms with E-state index in [-0.39, 0.29) is 18.0 Å². The van der Waals surface area contributed by atoms with Crippen LogP contribution in [0.2, 0.25) is 0 Å². The topological polar surface area (TPSA) is 96.1 Å². The van der Waals surface area contributed by atoms with Gasteiger partial charge >= 0.3 is 0 Å². The Bertz CT molecular complexity index is 743. The van der Waals surface area contributed by atoms with Crippen LogP contribution >= 0.6 is 0 Å². The number of aryl methyl sites for hydroxylation is 1. The van der Waals surface area contributed by atoms with Crippen LogP contribution in [-0.2, 0) is 16.0 Å². The van der Waals surface area contributed by atoms with E-state index < -0.39 is 0 Å². The molecule has 7 nitrogen and oxygen atoms in total. The van der Waals surface area contributed by atoms with Gasteiger partial charge in [-0.05, 0) is 18.6 Å². The van der Waals surface area contributed by atoms with Gasteiger partial charge in [-0.15, -0.1) is 0 Å². The van der Waals surface area contributed by atoms with Gasteiger partial charge in [-0.2, -0.15) is 0 Å². The summed E-state index contributed by atoms with van der Waals surface area (Å²) in [7, 11) is 1.61. The number of carbonyl (C=O) groups is 1. The second-order valence-electron chi connectivity index (χ2n) is 5.24. The van der Waals surface area contributed by atoms with Crippen molar-refractivity contribution in [1.29, 1.82) is 0 Å². The fourth-order valence-electron chi connectivity index (χ4n) is 2.15. The molecule has 24 heavy (non-hydrogen) atoms. The molecule has 0 saturated carbocycles. The van der Waals surface area contributed by atoms with Crippen molar-refractivity contribution in [2.75, 3.05) is 32.1 Å². The van der Waals surface area contributed by atoms with E-state index in [4.69, 9.17) is 4.74 Å². The second kappa shape index (κ2) is 8.95. The van der Waals surface area contributed by atoms with Gasteiger partial charge in [0.15, 0.2) is 0 Å². The highest BCUT2D eigenvalue weighted by molar-refractivity contribution is 5.92. The first kappa shape index (κ1) is 17.8. The van der Waals surface area contributed by atoms with Crippen LogP contribution in [0.3, 0.4) is 0 Å². The molecule has 0 aliphatic carbocycles. The smallest absolute Gasteiger partial charge is 0.251 e. The van der Waals surface area contributed by atoms with Crippen LogP contribution in [0.4, 0.5) is 5.69 Å². The molecule has 0 saturated heterocycles. The molecule has 0 aliphatic rings. The standard InChI is InChI=1S/C17H22N4O3/c1-3-13-10-15(22)21-17(20-13)12-5-4-6-14(9-12)19-16(23)11-18-7-8-24-2/h4-6,9-10,18H,3,7-8,11H2,1-2H3,(H,19,23)(H,20,21,22). The number of amides is 1. The summed E-state index contributed by atoms with van der Waals surface area (Å²) in [6.45, 7) is 3.31. The molecule has 1 heterocycles. The maximum Gasteiger partial charge on any atom is 0.251 e. The molecule has 2 rings (SSSR count). The highest BCUT2D eigenvalue weighted by Gasteiger charge is 2.06. The zero-order valence-electron chi connectivity index (χ0n) is 13.9. The Kier molecular flexibility index (Phi) is 6.65. The summed E-state index contributed by atoms with van der Waals surface area (Å²) in [4.78, 5) is 30.7. The number of aromatic amines is 1. The molecular formula is C17H22N4O3. The second-order valence-corrected chi connectivity index (χ2v) is 5.24. The van der Waals surface area contributed by atoms with Crippen LogP contribution in [0, 0.1) is 0 Å². The molecule has 1 aromatic carbocycles. The number of ether oxygens (including phenoxy) is 1. The Labute approximate surface area is 140 Å². The number of nitrogens with one attached hydrogen (secondary N) is 3. The first-order chi connectivity index (χ1) is 11.6. The number of hydrogen-bond acceptors (Lipinski definition) is 5. The number of aromatic nitrogens is 2. The predicted octanol–water partition coefficient (Wildman–Crippen LogP) is 1.17. The summed E-state index contributed by atoms with van der Waals surface area (Å²) < 4.78 is 4.90. The average Bonchev–Trinajstić information content (AvgIpc) is 2.58. The third kappa shape index (κ3) is 5.29. The number of nitrogens with zero attached hydrogens (tertiary/aromatic N) is 1. The summed E-state index contributed by atoms with van der Waals surface area (Å²) in [5, 5.41) is 5.79. The van der Waals surface area contributed by atoms with Gasteiger partial charge in [0.1, 0.15) is 5.82 Å². The lowest BCUT2D eigenvalue weighted by atomic mass is 10.1. The fraction of sp³-hybridized carbons (Fsp3) is 0.353. The van der Waals surface area contributed by atoms with Crippen LogP contribution in [0.15, 0.2) is 35.1 Å². The highest BCUT2D eigenvalue weighted by Crippen LogP contribution is 2.18. The minimum absolute atomic E-state index is 0.146. The van der Waals surface area contributed by atoms with Crippen LogP contribution in [0.5, 0.6) is 0 Å². The van der Waals surface area contributed by atoms with E-state index in [0.29, 0.717) is 31.1 Å². The van der Waals surface area contributed by atoms with E-state index in [2.05, 4.69) is 20.6 Å². The molecule has 1 amide bonds. The van der Waals surface area contributed by atoms with E-state index >= 15 is 0 Å². The fourth-order valence-corrected chi connectivity index (χ4v) is 2.15. The van der Waals surface area contributed by atoms with Gasteiger partial charge in [0.25, 0.3) is 5.56 Å². The average molecular weight is 330 g/mol. The van der Waals surface area contributed by atoms with Gasteiger partial charge in [-0.1, -0.05) is 19.1 Å². The number of rotatable bonds is 8. The van der Waals surface area contributed by atoms with Crippen molar-refractivity contribution in [3.63, 3.8) is 0 Å². The first-order valence-corrected chi connectivity index (χ1v) is 7.82. The Balaban J connectivity index is 2.07. The minimum Gasteiger partial charge on any atom is -0.383 e. The van der Waals surface area contributed by atoms with Crippen molar-refractivity contribution in [3.8, 4) is 11.4 Å². The van der Waals surface area contributed by atoms with Crippen LogP contribution < -0.4 is 16.2 Å². The Morgan fingerprint density at radius 3 is 2.92 bits per heavy atom. The Morgan fingerprint density at radius 1 is 1.33 bits per heavy atom. The van der Waals surface area contributed by atoms with E-state index in [1.54, 1.807) is 19.2 Å². The molecule has 1 aromatic heterocycles. The molecule has 0 fully saturated rings. The summed E-state index contributed by atoms with van der Waals surface area (Å²) in [6.07, 6.45) is 0.681. The van der Waals surface area contributed by atoms with Crippen molar-refractivity contribution in [3.05, 3.63) is 46.4 Å². The number of anilines is 1. The Morgan fingerprint density at radius 2 is 2.17 bits per heavy atom. The number of carbonyl (C=O) groups excluding carboxylic acids is 1. The summed E-state index contributed by atoms with van der Waals surface area (Å²) in [5.41, 5.74) is 1.93. The molecule has 3 N–H and O–H groups in total. The van der Waals surface area contributed by atoms with E-state index in [9.17, 15) is 9.59 Å². The van der Waals surface area contributed by atoms with Crippen molar-refractivity contribution in [2.45, 2.75) is 13.3 Å². The van der Waals surface area contributed by atoms with Crippen molar-refractivity contribution in [1.82, 2.24) is 15.3 Å². The zero-order chi connectivity index (χ0) is 17.4. The van der Waals surface area contributed by atoms with Gasteiger partial charge in [0.2, 0.25) is 5.91 Å². The largest absolute Gasteiger partial charge is 0.383 e. The summed E-state index contributed by atoms with van der Waals surface area (Å²) in [5.74, 6) is 0.348. The van der Waals surface area contributed by atoms with Crippen molar-refractivity contribution >= 4 is 11.6 Å². The van der Waals surface area contributed by atoms with Crippen LogP contribution in [0.1, 0.15) is 12.6 Å². The van der Waals surface area contributed by atoms with Crippen molar-refractivity contribution < 1.29 is 9.53 Å². The molecule has 0 atom stereocenters. The number of methoxy groups -OCH3 is 1. The van der Waals surface area contributed by atoms with E-state index in [0.717, 1.165) is 11.3 Å². The minimum atomic E-state index is -0.186. The number of benzene rings is 1. The molecule has 7 heteroatoms. The Hall–Kier alpha value is -2.51. The third-order valence-electron chi connectivity index (χ3n) is 3.35. The van der Waals surface area contributed by atoms with Crippen molar-refractivity contribution in [2.24, 2.45) is 0 Å². The molecule has 0 aliphatic heterocycles. The molecular weight excluding hydrogens is 308 g/mol. The van der Waals surface area contributed by atoms with Crippen LogP contribution in [-0.4, -0.2) is 42.7 Å². The van der Waals surface area contributed by atoms with Gasteiger partial charge in [-0.25, -0.2) is 4.98 Å². The van der Waals surface area contributed by atoms with Crippen LogP contribution in [0.25, 0.3) is 11.4 Å². The number of H-pyrrole nitrogens is 1. The predicted molar refractivity (Wildman–Crippen MR) is 93.0 cm³/mol. The normalized spacial score (nSPS) is 10.6. The molecule has 128 valence electrons. The lowest BCUT2D eigenvalue weighted by Crippen LogP contribution is -2.30. The van der Waals surface area contributed by atoms with E-state index in [1.165, 1.54) is 6.07 Å². The molecule has 2 aromatic rings. The quantitative estimate of drug-likeness (QED) is 0.632. The SMILES string of the molecule is CCc1cc(=O)[nH]c(-c2cccc(NC(=O)CNCCOC)c2)n1. The van der Waals surface area contributed by atoms with Gasteiger partial charge in [0.05, 0.1) is 13.2 Å². The highest BCUT2D eigenvalue weighted by atomic mass is 16.5. The molecule has 0 unspecified atom stereocenters. The van der Waals surface area contributed by atoms with Gasteiger partial charge < -0.3 is 20.4 Å². The molecule has 0 bridgehead atoms. The first-order valence-electron chi connectivity index (χ1n) is 7.82. The third-order valence-corrected chi connectivity index (χ3v) is 3.35. The van der Waals surface area contributed by atoms with E-state index in [1.807, 2.05) is 19.1 Å². The maximum absolute atomic E-state index is 11.9. The lowest BCUT2D eigenvalue weighted by molar-refractivity contribution is -0.115. The van der Waals surface area contributed by atoms with Gasteiger partial charge in [-0.3, -0.25) is 9.59 Å². The summed E-state index contributed by atoms with van der Waals surface area (Å²) in [6, 6.07) is 8.70. The molecule has 0 spiro atoms. The zero-order valence-corrected chi connectivity index (χ0v) is 13.9. The lowest BCUT2D eigenvalue weighted by Gasteiger charge is -2.08.